The zero-order valence-electron chi connectivity index (χ0n) is 10.5. The molecule has 1 aliphatic rings. The van der Waals surface area contributed by atoms with E-state index in [4.69, 9.17) is 0 Å². The largest absolute Gasteiger partial charge is 0.383 e. The molecule has 1 amide bonds. The van der Waals surface area contributed by atoms with Gasteiger partial charge < -0.3 is 4.90 Å². The van der Waals surface area contributed by atoms with Crippen molar-refractivity contribution in [3.63, 3.8) is 0 Å². The second-order valence-electron chi connectivity index (χ2n) is 4.80. The third kappa shape index (κ3) is 3.59. The Balaban J connectivity index is 2.60. The van der Waals surface area contributed by atoms with Crippen LogP contribution in [0.1, 0.15) is 39.0 Å². The number of amides is 1. The van der Waals surface area contributed by atoms with E-state index in [1.807, 2.05) is 6.92 Å². The van der Waals surface area contributed by atoms with Crippen LogP contribution in [-0.2, 0) is 4.79 Å². The minimum Gasteiger partial charge on any atom is -0.337 e. The first-order valence-corrected chi connectivity index (χ1v) is 6.35. The SMILES string of the molecule is CCCC1CCCN(C(=O)C(F)(F)C(F)F)CC1. The van der Waals surface area contributed by atoms with Crippen LogP contribution in [0.3, 0.4) is 0 Å². The van der Waals surface area contributed by atoms with Gasteiger partial charge in [0.2, 0.25) is 0 Å². The number of carbonyl (C=O) groups excluding carboxylic acids is 1. The van der Waals surface area contributed by atoms with E-state index in [9.17, 15) is 22.4 Å². The molecule has 0 aliphatic carbocycles. The van der Waals surface area contributed by atoms with E-state index in [1.54, 1.807) is 0 Å². The third-order valence-electron chi connectivity index (χ3n) is 3.39. The third-order valence-corrected chi connectivity index (χ3v) is 3.39. The number of hydrogen-bond donors (Lipinski definition) is 0. The molecule has 0 saturated carbocycles. The predicted octanol–water partition coefficient (Wildman–Crippen LogP) is 3.32. The highest BCUT2D eigenvalue weighted by Gasteiger charge is 2.51. The van der Waals surface area contributed by atoms with Crippen LogP contribution in [0.5, 0.6) is 0 Å². The fourth-order valence-corrected chi connectivity index (χ4v) is 2.37. The normalized spacial score (nSPS) is 22.1. The Bertz CT molecular complexity index is 283. The smallest absolute Gasteiger partial charge is 0.337 e. The van der Waals surface area contributed by atoms with Gasteiger partial charge in [0.25, 0.3) is 5.91 Å². The maximum absolute atomic E-state index is 13.0. The van der Waals surface area contributed by atoms with Crippen LogP contribution < -0.4 is 0 Å². The average Bonchev–Trinajstić information content (AvgIpc) is 2.54. The molecule has 0 N–H and O–H groups in total. The lowest BCUT2D eigenvalue weighted by Crippen LogP contribution is -2.48. The number of halogens is 4. The van der Waals surface area contributed by atoms with Gasteiger partial charge in [0, 0.05) is 13.1 Å². The lowest BCUT2D eigenvalue weighted by molar-refractivity contribution is -0.180. The van der Waals surface area contributed by atoms with Crippen LogP contribution in [0.2, 0.25) is 0 Å². The first-order chi connectivity index (χ1) is 8.39. The summed E-state index contributed by atoms with van der Waals surface area (Å²) < 4.78 is 50.2. The highest BCUT2D eigenvalue weighted by atomic mass is 19.3. The van der Waals surface area contributed by atoms with Crippen molar-refractivity contribution in [2.45, 2.75) is 51.4 Å². The van der Waals surface area contributed by atoms with Crippen LogP contribution >= 0.6 is 0 Å². The van der Waals surface area contributed by atoms with Crippen molar-refractivity contribution < 1.29 is 22.4 Å². The maximum atomic E-state index is 13.0. The second-order valence-corrected chi connectivity index (χ2v) is 4.80. The Morgan fingerprint density at radius 1 is 1.33 bits per heavy atom. The van der Waals surface area contributed by atoms with Crippen LogP contribution in [0.25, 0.3) is 0 Å². The Morgan fingerprint density at radius 3 is 2.56 bits per heavy atom. The highest BCUT2D eigenvalue weighted by Crippen LogP contribution is 2.28. The van der Waals surface area contributed by atoms with Crippen molar-refractivity contribution in [1.29, 1.82) is 0 Å². The number of rotatable bonds is 4. The molecule has 1 rings (SSSR count). The lowest BCUT2D eigenvalue weighted by Gasteiger charge is -2.25. The van der Waals surface area contributed by atoms with Gasteiger partial charge in [-0.3, -0.25) is 4.79 Å². The fraction of sp³-hybridized carbons (Fsp3) is 0.917. The molecule has 0 spiro atoms. The summed E-state index contributed by atoms with van der Waals surface area (Å²) in [6, 6.07) is 0. The summed E-state index contributed by atoms with van der Waals surface area (Å²) in [5.41, 5.74) is 0. The number of likely N-dealkylation sites (tertiary alicyclic amines) is 1. The Kier molecular flexibility index (Phi) is 5.41. The first-order valence-electron chi connectivity index (χ1n) is 6.35. The van der Waals surface area contributed by atoms with E-state index in [0.29, 0.717) is 18.8 Å². The molecule has 18 heavy (non-hydrogen) atoms. The quantitative estimate of drug-likeness (QED) is 0.717. The van der Waals surface area contributed by atoms with Crippen LogP contribution in [-0.4, -0.2) is 36.2 Å². The van der Waals surface area contributed by atoms with Gasteiger partial charge in [0.1, 0.15) is 0 Å². The molecule has 2 nitrogen and oxygen atoms in total. The zero-order chi connectivity index (χ0) is 13.8. The number of nitrogens with zero attached hydrogens (tertiary/aromatic N) is 1. The van der Waals surface area contributed by atoms with Gasteiger partial charge in [0.05, 0.1) is 0 Å². The van der Waals surface area contributed by atoms with Crippen molar-refractivity contribution in [3.8, 4) is 0 Å². The summed E-state index contributed by atoms with van der Waals surface area (Å²) in [5, 5.41) is 0. The average molecular weight is 269 g/mol. The monoisotopic (exact) mass is 269 g/mol. The maximum Gasteiger partial charge on any atom is 0.383 e. The molecule has 1 atom stereocenters. The van der Waals surface area contributed by atoms with Gasteiger partial charge in [-0.25, -0.2) is 8.78 Å². The minimum absolute atomic E-state index is 0.154. The standard InChI is InChI=1S/C12H19F4NO/c1-2-4-9-5-3-7-17(8-6-9)11(18)12(15,16)10(13)14/h9-10H,2-8H2,1H3. The first kappa shape index (κ1) is 15.2. The van der Waals surface area contributed by atoms with E-state index in [2.05, 4.69) is 0 Å². The summed E-state index contributed by atoms with van der Waals surface area (Å²) >= 11 is 0. The Morgan fingerprint density at radius 2 is 2.00 bits per heavy atom. The van der Waals surface area contributed by atoms with Crippen molar-refractivity contribution in [2.24, 2.45) is 5.92 Å². The lowest BCUT2D eigenvalue weighted by atomic mass is 9.96. The van der Waals surface area contributed by atoms with Gasteiger partial charge in [0.15, 0.2) is 0 Å². The van der Waals surface area contributed by atoms with Crippen molar-refractivity contribution in [3.05, 3.63) is 0 Å². The predicted molar refractivity (Wildman–Crippen MR) is 59.8 cm³/mol. The van der Waals surface area contributed by atoms with E-state index in [-0.39, 0.29) is 13.1 Å². The van der Waals surface area contributed by atoms with Gasteiger partial charge >= 0.3 is 12.3 Å². The Hall–Kier alpha value is -0.810. The van der Waals surface area contributed by atoms with Gasteiger partial charge in [-0.15, -0.1) is 0 Å². The van der Waals surface area contributed by atoms with E-state index < -0.39 is 18.3 Å². The van der Waals surface area contributed by atoms with E-state index in [0.717, 1.165) is 24.2 Å². The molecule has 1 saturated heterocycles. The van der Waals surface area contributed by atoms with Gasteiger partial charge in [-0.1, -0.05) is 19.8 Å². The molecule has 1 unspecified atom stereocenters. The molecule has 106 valence electrons. The Labute approximate surface area is 104 Å². The summed E-state index contributed by atoms with van der Waals surface area (Å²) in [5.74, 6) is -5.87. The molecular formula is C12H19F4NO. The molecule has 1 fully saturated rings. The van der Waals surface area contributed by atoms with Gasteiger partial charge in [-0.2, -0.15) is 8.78 Å². The molecule has 6 heteroatoms. The topological polar surface area (TPSA) is 20.3 Å². The second kappa shape index (κ2) is 6.38. The summed E-state index contributed by atoms with van der Waals surface area (Å²) in [6.45, 7) is 2.35. The summed E-state index contributed by atoms with van der Waals surface area (Å²) in [6.07, 6.45) is 0.172. The van der Waals surface area contributed by atoms with Crippen molar-refractivity contribution in [2.75, 3.05) is 13.1 Å². The van der Waals surface area contributed by atoms with E-state index >= 15 is 0 Å². The summed E-state index contributed by atoms with van der Waals surface area (Å²) in [7, 11) is 0. The fourth-order valence-electron chi connectivity index (χ4n) is 2.37. The summed E-state index contributed by atoms with van der Waals surface area (Å²) in [4.78, 5) is 12.3. The molecule has 1 aliphatic heterocycles. The van der Waals surface area contributed by atoms with Crippen LogP contribution in [0.4, 0.5) is 17.6 Å². The number of hydrogen-bond acceptors (Lipinski definition) is 1. The van der Waals surface area contributed by atoms with Crippen molar-refractivity contribution >= 4 is 5.91 Å². The van der Waals surface area contributed by atoms with E-state index in [1.165, 1.54) is 0 Å². The van der Waals surface area contributed by atoms with Crippen molar-refractivity contribution in [1.82, 2.24) is 4.90 Å². The highest BCUT2D eigenvalue weighted by molar-refractivity contribution is 5.84. The minimum atomic E-state index is -4.55. The molecular weight excluding hydrogens is 250 g/mol. The van der Waals surface area contributed by atoms with Crippen LogP contribution in [0.15, 0.2) is 0 Å². The molecule has 0 aromatic carbocycles. The molecule has 0 bridgehead atoms. The molecule has 0 aromatic heterocycles. The molecule has 0 radical (unpaired) electrons. The number of alkyl halides is 4. The zero-order valence-corrected chi connectivity index (χ0v) is 10.5. The molecule has 1 heterocycles. The van der Waals surface area contributed by atoms with Gasteiger partial charge in [-0.05, 0) is 25.2 Å². The molecule has 0 aromatic rings. The number of carbonyl (C=O) groups is 1. The van der Waals surface area contributed by atoms with Crippen LogP contribution in [0, 0.1) is 5.92 Å².